The first-order valence-corrected chi connectivity index (χ1v) is 8.21. The number of amides is 1. The van der Waals surface area contributed by atoms with Gasteiger partial charge in [0, 0.05) is 37.5 Å². The molecule has 3 heterocycles. The van der Waals surface area contributed by atoms with Gasteiger partial charge in [-0.1, -0.05) is 13.0 Å². The number of thioether (sulfide) groups is 1. The van der Waals surface area contributed by atoms with Crippen molar-refractivity contribution in [2.75, 3.05) is 5.75 Å². The smallest absolute Gasteiger partial charge is 0.224 e. The predicted octanol–water partition coefficient (Wildman–Crippen LogP) is 3.40. The van der Waals surface area contributed by atoms with Crippen molar-refractivity contribution in [1.29, 1.82) is 0 Å². The molecule has 1 unspecified atom stereocenters. The van der Waals surface area contributed by atoms with Crippen LogP contribution < -0.4 is 0 Å². The average molecular weight is 302 g/mol. The zero-order chi connectivity index (χ0) is 14.7. The normalized spacial score (nSPS) is 19.0. The van der Waals surface area contributed by atoms with Crippen LogP contribution in [0.15, 0.2) is 41.1 Å². The number of hydrogen-bond acceptors (Lipinski definition) is 4. The molecule has 1 aliphatic heterocycles. The summed E-state index contributed by atoms with van der Waals surface area (Å²) in [6, 6.07) is 7.88. The molecule has 0 radical (unpaired) electrons. The molecule has 21 heavy (non-hydrogen) atoms. The highest BCUT2D eigenvalue weighted by Crippen LogP contribution is 2.38. The SMILES string of the molecule is CCc1ccc(C2SCCC(=O)N2Cc2cccnc2)o1. The van der Waals surface area contributed by atoms with Gasteiger partial charge in [-0.3, -0.25) is 9.78 Å². The van der Waals surface area contributed by atoms with Gasteiger partial charge < -0.3 is 9.32 Å². The van der Waals surface area contributed by atoms with Gasteiger partial charge in [0.15, 0.2) is 0 Å². The second-order valence-corrected chi connectivity index (χ2v) is 6.20. The first-order chi connectivity index (χ1) is 10.3. The number of aryl methyl sites for hydroxylation is 1. The highest BCUT2D eigenvalue weighted by Gasteiger charge is 2.31. The third kappa shape index (κ3) is 3.13. The Hall–Kier alpha value is -1.75. The topological polar surface area (TPSA) is 46.3 Å². The molecule has 1 amide bonds. The highest BCUT2D eigenvalue weighted by molar-refractivity contribution is 7.99. The molecule has 0 spiro atoms. The van der Waals surface area contributed by atoms with Crippen LogP contribution in [0.4, 0.5) is 0 Å². The van der Waals surface area contributed by atoms with E-state index < -0.39 is 0 Å². The minimum absolute atomic E-state index is 0.0354. The molecule has 1 atom stereocenters. The van der Waals surface area contributed by atoms with Gasteiger partial charge >= 0.3 is 0 Å². The predicted molar refractivity (Wildman–Crippen MR) is 82.7 cm³/mol. The van der Waals surface area contributed by atoms with Crippen LogP contribution in [0.3, 0.4) is 0 Å². The number of carbonyl (C=O) groups excluding carboxylic acids is 1. The molecule has 0 bridgehead atoms. The van der Waals surface area contributed by atoms with Crippen LogP contribution in [0.1, 0.15) is 35.8 Å². The van der Waals surface area contributed by atoms with Gasteiger partial charge in [-0.25, -0.2) is 0 Å². The molecule has 0 N–H and O–H groups in total. The Morgan fingerprint density at radius 3 is 3.05 bits per heavy atom. The maximum atomic E-state index is 12.3. The lowest BCUT2D eigenvalue weighted by Crippen LogP contribution is -2.36. The maximum absolute atomic E-state index is 12.3. The number of carbonyl (C=O) groups is 1. The first kappa shape index (κ1) is 14.2. The molecular formula is C16H18N2O2S. The molecule has 2 aromatic rings. The van der Waals surface area contributed by atoms with Crippen LogP contribution in [0.25, 0.3) is 0 Å². The third-order valence-corrected chi connectivity index (χ3v) is 4.79. The van der Waals surface area contributed by atoms with Gasteiger partial charge in [0.1, 0.15) is 16.9 Å². The van der Waals surface area contributed by atoms with Gasteiger partial charge in [-0.05, 0) is 23.8 Å². The van der Waals surface area contributed by atoms with E-state index in [-0.39, 0.29) is 11.3 Å². The molecule has 2 aromatic heterocycles. The summed E-state index contributed by atoms with van der Waals surface area (Å²) in [5, 5.41) is -0.0354. The average Bonchev–Trinajstić information content (AvgIpc) is 2.99. The molecule has 5 heteroatoms. The molecule has 1 aliphatic rings. The summed E-state index contributed by atoms with van der Waals surface area (Å²) in [5.41, 5.74) is 1.04. The van der Waals surface area contributed by atoms with Crippen LogP contribution >= 0.6 is 11.8 Å². The third-order valence-electron chi connectivity index (χ3n) is 3.55. The van der Waals surface area contributed by atoms with E-state index in [4.69, 9.17) is 4.42 Å². The summed E-state index contributed by atoms with van der Waals surface area (Å²) >= 11 is 1.76. The maximum Gasteiger partial charge on any atom is 0.224 e. The Morgan fingerprint density at radius 2 is 2.33 bits per heavy atom. The Balaban J connectivity index is 1.84. The minimum atomic E-state index is -0.0354. The summed E-state index contributed by atoms with van der Waals surface area (Å²) in [5.74, 6) is 2.85. The standard InChI is InChI=1S/C16H18N2O2S/c1-2-13-5-6-14(20-13)16-18(15(19)7-9-21-16)11-12-4-3-8-17-10-12/h3-6,8,10,16H,2,7,9,11H2,1H3. The first-order valence-electron chi connectivity index (χ1n) is 7.16. The lowest BCUT2D eigenvalue weighted by atomic mass is 10.2. The molecule has 0 saturated carbocycles. The molecular weight excluding hydrogens is 284 g/mol. The molecule has 4 nitrogen and oxygen atoms in total. The number of hydrogen-bond donors (Lipinski definition) is 0. The number of furan rings is 1. The molecule has 3 rings (SSSR count). The quantitative estimate of drug-likeness (QED) is 0.868. The van der Waals surface area contributed by atoms with Crippen LogP contribution in [-0.4, -0.2) is 21.5 Å². The van der Waals surface area contributed by atoms with E-state index in [1.807, 2.05) is 35.4 Å². The monoisotopic (exact) mass is 302 g/mol. The summed E-state index contributed by atoms with van der Waals surface area (Å²) < 4.78 is 5.86. The highest BCUT2D eigenvalue weighted by atomic mass is 32.2. The van der Waals surface area contributed by atoms with Crippen molar-refractivity contribution in [3.63, 3.8) is 0 Å². The molecule has 0 aromatic carbocycles. The van der Waals surface area contributed by atoms with Gasteiger partial charge in [-0.15, -0.1) is 11.8 Å². The van der Waals surface area contributed by atoms with E-state index >= 15 is 0 Å². The van der Waals surface area contributed by atoms with Crippen molar-refractivity contribution >= 4 is 17.7 Å². The van der Waals surface area contributed by atoms with E-state index in [1.54, 1.807) is 18.0 Å². The summed E-state index contributed by atoms with van der Waals surface area (Å²) in [7, 11) is 0. The van der Waals surface area contributed by atoms with E-state index in [9.17, 15) is 4.79 Å². The Morgan fingerprint density at radius 1 is 1.43 bits per heavy atom. The van der Waals surface area contributed by atoms with E-state index in [2.05, 4.69) is 11.9 Å². The fourth-order valence-electron chi connectivity index (χ4n) is 2.43. The lowest BCUT2D eigenvalue weighted by molar-refractivity contribution is -0.133. The van der Waals surface area contributed by atoms with Gasteiger partial charge in [0.2, 0.25) is 5.91 Å². The minimum Gasteiger partial charge on any atom is -0.463 e. The zero-order valence-electron chi connectivity index (χ0n) is 12.0. The molecule has 1 saturated heterocycles. The Kier molecular flexibility index (Phi) is 4.29. The van der Waals surface area contributed by atoms with Crippen molar-refractivity contribution in [3.05, 3.63) is 53.7 Å². The van der Waals surface area contributed by atoms with E-state index in [0.717, 1.165) is 29.3 Å². The summed E-state index contributed by atoms with van der Waals surface area (Å²) in [6.45, 7) is 2.64. The van der Waals surface area contributed by atoms with Crippen LogP contribution in [0.5, 0.6) is 0 Å². The number of pyridine rings is 1. The van der Waals surface area contributed by atoms with Gasteiger partial charge in [0.25, 0.3) is 0 Å². The number of rotatable bonds is 4. The van der Waals surface area contributed by atoms with Crippen LogP contribution in [-0.2, 0) is 17.8 Å². The van der Waals surface area contributed by atoms with E-state index in [1.165, 1.54) is 0 Å². The second-order valence-electron chi connectivity index (χ2n) is 5.01. The van der Waals surface area contributed by atoms with Crippen LogP contribution in [0, 0.1) is 0 Å². The summed E-state index contributed by atoms with van der Waals surface area (Å²) in [6.07, 6.45) is 5.01. The van der Waals surface area contributed by atoms with Crippen LogP contribution in [0.2, 0.25) is 0 Å². The largest absolute Gasteiger partial charge is 0.463 e. The number of aromatic nitrogens is 1. The van der Waals surface area contributed by atoms with Crippen molar-refractivity contribution in [2.24, 2.45) is 0 Å². The van der Waals surface area contributed by atoms with Crippen molar-refractivity contribution in [3.8, 4) is 0 Å². The lowest BCUT2D eigenvalue weighted by Gasteiger charge is -2.33. The fourth-order valence-corrected chi connectivity index (χ4v) is 3.61. The number of nitrogens with zero attached hydrogens (tertiary/aromatic N) is 2. The second kappa shape index (κ2) is 6.35. The van der Waals surface area contributed by atoms with Crippen molar-refractivity contribution < 1.29 is 9.21 Å². The summed E-state index contributed by atoms with van der Waals surface area (Å²) in [4.78, 5) is 18.3. The Bertz CT molecular complexity index is 612. The molecule has 110 valence electrons. The molecule has 1 fully saturated rings. The fraction of sp³-hybridized carbons (Fsp3) is 0.375. The van der Waals surface area contributed by atoms with Gasteiger partial charge in [0.05, 0.1) is 0 Å². The van der Waals surface area contributed by atoms with Gasteiger partial charge in [-0.2, -0.15) is 0 Å². The van der Waals surface area contributed by atoms with E-state index in [0.29, 0.717) is 13.0 Å². The van der Waals surface area contributed by atoms with Crippen molar-refractivity contribution in [2.45, 2.75) is 31.7 Å². The van der Waals surface area contributed by atoms with Crippen molar-refractivity contribution in [1.82, 2.24) is 9.88 Å². The Labute approximate surface area is 128 Å². The zero-order valence-corrected chi connectivity index (χ0v) is 12.8. The molecule has 0 aliphatic carbocycles.